The van der Waals surface area contributed by atoms with Gasteiger partial charge in [0.25, 0.3) is 0 Å². The summed E-state index contributed by atoms with van der Waals surface area (Å²) in [6.07, 6.45) is 10.8. The molecule has 0 saturated heterocycles. The van der Waals surface area contributed by atoms with Crippen LogP contribution in [0, 0.1) is 18.8 Å². The molecule has 0 heterocycles. The molecule has 6 rings (SSSR count). The van der Waals surface area contributed by atoms with Crippen molar-refractivity contribution in [1.29, 1.82) is 0 Å². The predicted octanol–water partition coefficient (Wildman–Crippen LogP) is 4.53. The number of allylic oxidation sites excluding steroid dienone is 4. The molecule has 26 heavy (non-hydrogen) atoms. The molecule has 0 aliphatic heterocycles. The van der Waals surface area contributed by atoms with E-state index in [2.05, 4.69) is 85.8 Å². The lowest BCUT2D eigenvalue weighted by Crippen LogP contribution is -2.34. The molecule has 2 atom stereocenters. The molecule has 3 aromatic rings. The Morgan fingerprint density at radius 2 is 1.69 bits per heavy atom. The summed E-state index contributed by atoms with van der Waals surface area (Å²) < 4.78 is 0. The Bertz CT molecular complexity index is 1270. The molecule has 0 fully saturated rings. The van der Waals surface area contributed by atoms with E-state index in [1.54, 1.807) is 5.57 Å². The maximum atomic E-state index is 2.51. The first kappa shape index (κ1) is 14.3. The lowest BCUT2D eigenvalue weighted by molar-refractivity contribution is 0.674. The molecular weight excluding hydrogens is 312 g/mol. The van der Waals surface area contributed by atoms with E-state index < -0.39 is 0 Å². The van der Waals surface area contributed by atoms with E-state index in [1.165, 1.54) is 43.5 Å². The van der Waals surface area contributed by atoms with E-state index in [0.29, 0.717) is 11.8 Å². The van der Waals surface area contributed by atoms with Crippen molar-refractivity contribution in [1.82, 2.24) is 0 Å². The van der Waals surface area contributed by atoms with Crippen LogP contribution in [0.1, 0.15) is 16.7 Å². The van der Waals surface area contributed by atoms with Crippen molar-refractivity contribution in [2.45, 2.75) is 13.3 Å². The van der Waals surface area contributed by atoms with Gasteiger partial charge in [-0.05, 0) is 57.3 Å². The number of hydrogen-bond donors (Lipinski definition) is 0. The van der Waals surface area contributed by atoms with Crippen molar-refractivity contribution >= 4 is 28.5 Å². The summed E-state index contributed by atoms with van der Waals surface area (Å²) in [7, 11) is 0. The van der Waals surface area contributed by atoms with Gasteiger partial charge in [-0.25, -0.2) is 0 Å². The molecule has 0 bridgehead atoms. The van der Waals surface area contributed by atoms with E-state index in [-0.39, 0.29) is 0 Å². The predicted molar refractivity (Wildman–Crippen MR) is 110 cm³/mol. The quantitative estimate of drug-likeness (QED) is 0.567. The lowest BCUT2D eigenvalue weighted by atomic mass is 9.76. The van der Waals surface area contributed by atoms with Crippen LogP contribution in [-0.4, -0.2) is 0 Å². The van der Waals surface area contributed by atoms with Crippen molar-refractivity contribution in [3.05, 3.63) is 99.5 Å². The molecule has 0 spiro atoms. The number of aryl methyl sites for hydroxylation is 1. The summed E-state index contributed by atoms with van der Waals surface area (Å²) in [5.74, 6) is 0.993. The Balaban J connectivity index is 1.54. The summed E-state index contributed by atoms with van der Waals surface area (Å²) in [4.78, 5) is 0. The van der Waals surface area contributed by atoms with Crippen molar-refractivity contribution in [3.63, 3.8) is 0 Å². The molecule has 3 aliphatic rings. The molecule has 3 aromatic carbocycles. The van der Waals surface area contributed by atoms with Gasteiger partial charge >= 0.3 is 0 Å². The Morgan fingerprint density at radius 3 is 2.58 bits per heavy atom. The second-order valence-electron chi connectivity index (χ2n) is 7.90. The largest absolute Gasteiger partial charge is 0.0761 e. The smallest absolute Gasteiger partial charge is 0.00965 e. The number of fused-ring (bicyclic) bond motifs is 6. The first-order valence-electron chi connectivity index (χ1n) is 9.50. The monoisotopic (exact) mass is 332 g/mol. The Hall–Kier alpha value is -2.86. The van der Waals surface area contributed by atoms with Crippen molar-refractivity contribution in [2.75, 3.05) is 0 Å². The zero-order valence-electron chi connectivity index (χ0n) is 14.9. The van der Waals surface area contributed by atoms with Gasteiger partial charge in [-0.3, -0.25) is 0 Å². The van der Waals surface area contributed by atoms with Crippen LogP contribution in [0.5, 0.6) is 0 Å². The fourth-order valence-electron chi connectivity index (χ4n) is 4.97. The topological polar surface area (TPSA) is 0 Å². The van der Waals surface area contributed by atoms with Crippen LogP contribution in [0.4, 0.5) is 0 Å². The van der Waals surface area contributed by atoms with Gasteiger partial charge in [0.05, 0.1) is 0 Å². The van der Waals surface area contributed by atoms with E-state index >= 15 is 0 Å². The van der Waals surface area contributed by atoms with E-state index in [1.807, 2.05) is 0 Å². The average molecular weight is 332 g/mol. The highest BCUT2D eigenvalue weighted by molar-refractivity contribution is 5.94. The standard InChI is InChI=1S/C26H20/c1-16-6-7-19-11-20-8-9-23-25-13-18-5-3-2-4-17(18)12-22(25)15-26(23)24(20)14-21(19)10-16/h2-14,20,24H,15H2,1H3. The van der Waals surface area contributed by atoms with Gasteiger partial charge in [0.2, 0.25) is 0 Å². The Kier molecular flexibility index (Phi) is 2.80. The van der Waals surface area contributed by atoms with Gasteiger partial charge in [0.1, 0.15) is 0 Å². The molecule has 0 nitrogen and oxygen atoms in total. The molecule has 0 heteroatoms. The lowest BCUT2D eigenvalue weighted by Gasteiger charge is -2.28. The van der Waals surface area contributed by atoms with Crippen LogP contribution in [0.3, 0.4) is 0 Å². The third-order valence-corrected chi connectivity index (χ3v) is 6.26. The van der Waals surface area contributed by atoms with Gasteiger partial charge < -0.3 is 0 Å². The fourth-order valence-corrected chi connectivity index (χ4v) is 4.97. The second kappa shape index (κ2) is 5.08. The number of benzene rings is 3. The molecular formula is C26H20. The minimum atomic E-state index is 0.493. The van der Waals surface area contributed by atoms with Gasteiger partial charge in [-0.2, -0.15) is 0 Å². The first-order chi connectivity index (χ1) is 12.8. The Labute approximate surface area is 153 Å². The van der Waals surface area contributed by atoms with Crippen LogP contribution in [0.25, 0.3) is 28.5 Å². The molecule has 0 aromatic heterocycles. The summed E-state index contributed by atoms with van der Waals surface area (Å²) in [5.41, 5.74) is 7.34. The van der Waals surface area contributed by atoms with E-state index in [0.717, 1.165) is 6.42 Å². The molecule has 0 amide bonds. The third kappa shape index (κ3) is 1.96. The summed E-state index contributed by atoms with van der Waals surface area (Å²) >= 11 is 0. The normalized spacial score (nSPS) is 22.2. The van der Waals surface area contributed by atoms with E-state index in [9.17, 15) is 0 Å². The maximum Gasteiger partial charge on any atom is 0.00965 e. The van der Waals surface area contributed by atoms with Gasteiger partial charge in [-0.15, -0.1) is 0 Å². The maximum absolute atomic E-state index is 2.51. The second-order valence-corrected chi connectivity index (χ2v) is 7.90. The third-order valence-electron chi connectivity index (χ3n) is 6.26. The summed E-state index contributed by atoms with van der Waals surface area (Å²) in [6, 6.07) is 20.3. The highest BCUT2D eigenvalue weighted by atomic mass is 14.4. The molecule has 124 valence electrons. The molecule has 2 unspecified atom stereocenters. The minimum absolute atomic E-state index is 0.493. The van der Waals surface area contributed by atoms with Crippen LogP contribution >= 0.6 is 0 Å². The molecule has 0 N–H and O–H groups in total. The SMILES string of the molecule is Cc1ccc2c(c1)=CC1C3=C(C=CC1C=2)c1cc2ccccc2cc1C3. The fraction of sp³-hybridized carbons (Fsp3) is 0.154. The highest BCUT2D eigenvalue weighted by Gasteiger charge is 2.32. The molecule has 0 saturated carbocycles. The summed E-state index contributed by atoms with van der Waals surface area (Å²) in [6.45, 7) is 2.18. The molecule has 0 radical (unpaired) electrons. The number of hydrogen-bond acceptors (Lipinski definition) is 0. The summed E-state index contributed by atoms with van der Waals surface area (Å²) in [5, 5.41) is 5.48. The van der Waals surface area contributed by atoms with Crippen LogP contribution in [0.15, 0.2) is 72.3 Å². The minimum Gasteiger partial charge on any atom is -0.0761 e. The number of rotatable bonds is 0. The van der Waals surface area contributed by atoms with Gasteiger partial charge in [0, 0.05) is 11.8 Å². The average Bonchev–Trinajstić information content (AvgIpc) is 3.02. The van der Waals surface area contributed by atoms with E-state index in [4.69, 9.17) is 0 Å². The van der Waals surface area contributed by atoms with Crippen molar-refractivity contribution < 1.29 is 0 Å². The highest BCUT2D eigenvalue weighted by Crippen LogP contribution is 2.45. The van der Waals surface area contributed by atoms with Gasteiger partial charge in [0.15, 0.2) is 0 Å². The van der Waals surface area contributed by atoms with Crippen LogP contribution in [0.2, 0.25) is 0 Å². The molecule has 3 aliphatic carbocycles. The first-order valence-corrected chi connectivity index (χ1v) is 9.50. The van der Waals surface area contributed by atoms with Crippen LogP contribution in [-0.2, 0) is 6.42 Å². The van der Waals surface area contributed by atoms with Gasteiger partial charge in [-0.1, -0.05) is 84.0 Å². The zero-order valence-corrected chi connectivity index (χ0v) is 14.9. The Morgan fingerprint density at radius 1 is 0.846 bits per heavy atom. The van der Waals surface area contributed by atoms with Crippen molar-refractivity contribution in [3.8, 4) is 0 Å². The van der Waals surface area contributed by atoms with Crippen LogP contribution < -0.4 is 10.4 Å². The zero-order chi connectivity index (χ0) is 17.3. The van der Waals surface area contributed by atoms with Crippen molar-refractivity contribution in [2.24, 2.45) is 11.8 Å².